The Balaban J connectivity index is 1.87. The fourth-order valence-corrected chi connectivity index (χ4v) is 4.27. The number of ether oxygens (including phenoxy) is 1. The summed E-state index contributed by atoms with van der Waals surface area (Å²) in [6, 6.07) is 10.1. The molecule has 28 heavy (non-hydrogen) atoms. The van der Waals surface area contributed by atoms with Gasteiger partial charge < -0.3 is 15.0 Å². The number of methoxy groups -OCH3 is 1. The first-order valence-corrected chi connectivity index (χ1v) is 10.5. The van der Waals surface area contributed by atoms with Gasteiger partial charge in [-0.05, 0) is 61.7 Å². The summed E-state index contributed by atoms with van der Waals surface area (Å²) in [6.07, 6.45) is 1.65. The van der Waals surface area contributed by atoms with Crippen LogP contribution in [0.5, 0.6) is 5.75 Å². The van der Waals surface area contributed by atoms with Crippen LogP contribution in [0.1, 0.15) is 28.8 Å². The average Bonchev–Trinajstić information content (AvgIpc) is 3.45. The second kappa shape index (κ2) is 7.81. The number of anilines is 2. The number of nitrogens with one attached hydrogen (secondary N) is 2. The normalized spacial score (nSPS) is 13.9. The summed E-state index contributed by atoms with van der Waals surface area (Å²) in [5.41, 5.74) is 2.86. The van der Waals surface area contributed by atoms with Gasteiger partial charge in [0.25, 0.3) is 5.91 Å². The summed E-state index contributed by atoms with van der Waals surface area (Å²) in [7, 11) is 1.54. The molecule has 1 amide bonds. The third-order valence-corrected chi connectivity index (χ3v) is 6.13. The lowest BCUT2D eigenvalue weighted by molar-refractivity contribution is 0.102. The fourth-order valence-electron chi connectivity index (χ4n) is 2.77. The Hall–Kier alpha value is -2.58. The van der Waals surface area contributed by atoms with Gasteiger partial charge in [-0.25, -0.2) is 13.1 Å². The first-order chi connectivity index (χ1) is 13.2. The van der Waals surface area contributed by atoms with Crippen molar-refractivity contribution in [1.82, 2.24) is 4.72 Å². The molecule has 2 N–H and O–H groups in total. The highest BCUT2D eigenvalue weighted by molar-refractivity contribution is 7.89. The summed E-state index contributed by atoms with van der Waals surface area (Å²) in [5.74, 6) is -0.178. The molecule has 1 saturated carbocycles. The first kappa shape index (κ1) is 20.2. The molecule has 0 heterocycles. The third-order valence-electron chi connectivity index (χ3n) is 4.59. The van der Waals surface area contributed by atoms with Crippen molar-refractivity contribution in [2.24, 2.45) is 0 Å². The molecule has 0 radical (unpaired) electrons. The molecule has 2 aromatic rings. The minimum Gasteiger partial charge on any atom is -0.495 e. The number of carbonyl (C=O) groups excluding carboxylic acids is 1. The van der Waals surface area contributed by atoms with E-state index < -0.39 is 10.0 Å². The van der Waals surface area contributed by atoms with Crippen LogP contribution in [-0.2, 0) is 10.0 Å². The third kappa shape index (κ3) is 4.45. The highest BCUT2D eigenvalue weighted by atomic mass is 32.2. The van der Waals surface area contributed by atoms with E-state index in [1.165, 1.54) is 19.2 Å². The number of nitrogens with zero attached hydrogens (tertiary/aromatic N) is 1. The van der Waals surface area contributed by atoms with Crippen LogP contribution in [0, 0.1) is 6.92 Å². The van der Waals surface area contributed by atoms with Gasteiger partial charge in [0.15, 0.2) is 0 Å². The lowest BCUT2D eigenvalue weighted by Crippen LogP contribution is -2.26. The number of sulfonamides is 1. The molecule has 0 bridgehead atoms. The van der Waals surface area contributed by atoms with E-state index in [-0.39, 0.29) is 28.2 Å². The van der Waals surface area contributed by atoms with E-state index >= 15 is 0 Å². The summed E-state index contributed by atoms with van der Waals surface area (Å²) in [6.45, 7) is 1.91. The molecule has 1 aliphatic carbocycles. The lowest BCUT2D eigenvalue weighted by atomic mass is 10.1. The van der Waals surface area contributed by atoms with Gasteiger partial charge in [-0.2, -0.15) is 0 Å². The molecule has 0 atom stereocenters. The lowest BCUT2D eigenvalue weighted by Gasteiger charge is -2.16. The van der Waals surface area contributed by atoms with Crippen molar-refractivity contribution in [1.29, 1.82) is 0 Å². The summed E-state index contributed by atoms with van der Waals surface area (Å²) in [5, 5.41) is 2.85. The van der Waals surface area contributed by atoms with E-state index in [0.29, 0.717) is 5.69 Å². The van der Waals surface area contributed by atoms with Gasteiger partial charge in [0.1, 0.15) is 10.6 Å². The smallest absolute Gasteiger partial charge is 0.255 e. The van der Waals surface area contributed by atoms with E-state index in [4.69, 9.17) is 4.74 Å². The van der Waals surface area contributed by atoms with Gasteiger partial charge in [-0.15, -0.1) is 0 Å². The quantitative estimate of drug-likeness (QED) is 0.742. The van der Waals surface area contributed by atoms with Gasteiger partial charge in [-0.3, -0.25) is 4.79 Å². The van der Waals surface area contributed by atoms with E-state index in [1.54, 1.807) is 6.07 Å². The fraction of sp³-hybridized carbons (Fsp3) is 0.350. The zero-order valence-corrected chi connectivity index (χ0v) is 17.3. The summed E-state index contributed by atoms with van der Waals surface area (Å²) < 4.78 is 33.1. The van der Waals surface area contributed by atoms with Crippen LogP contribution in [0.25, 0.3) is 0 Å². The molecule has 0 aliphatic heterocycles. The maximum absolute atomic E-state index is 12.7. The van der Waals surface area contributed by atoms with Crippen molar-refractivity contribution >= 4 is 27.3 Å². The zero-order valence-electron chi connectivity index (χ0n) is 16.4. The molecule has 7 nitrogen and oxygen atoms in total. The van der Waals surface area contributed by atoms with E-state index in [2.05, 4.69) is 10.0 Å². The molecule has 1 fully saturated rings. The predicted octanol–water partition coefficient (Wildman–Crippen LogP) is 2.76. The first-order valence-electron chi connectivity index (χ1n) is 9.01. The molecule has 3 rings (SSSR count). The Morgan fingerprint density at radius 1 is 1.14 bits per heavy atom. The second-order valence-electron chi connectivity index (χ2n) is 7.11. The molecule has 8 heteroatoms. The van der Waals surface area contributed by atoms with Gasteiger partial charge in [-0.1, -0.05) is 0 Å². The number of hydrogen-bond donors (Lipinski definition) is 2. The monoisotopic (exact) mass is 403 g/mol. The van der Waals surface area contributed by atoms with Crippen molar-refractivity contribution in [3.05, 3.63) is 47.5 Å². The van der Waals surface area contributed by atoms with E-state index in [0.717, 1.165) is 24.1 Å². The Kier molecular flexibility index (Phi) is 5.62. The summed E-state index contributed by atoms with van der Waals surface area (Å²) >= 11 is 0. The average molecular weight is 404 g/mol. The van der Waals surface area contributed by atoms with E-state index in [1.807, 2.05) is 44.1 Å². The van der Waals surface area contributed by atoms with Crippen molar-refractivity contribution in [3.8, 4) is 5.75 Å². The molecule has 1 aliphatic rings. The van der Waals surface area contributed by atoms with Crippen molar-refractivity contribution in [2.45, 2.75) is 30.7 Å². The number of aryl methyl sites for hydroxylation is 1. The zero-order chi connectivity index (χ0) is 20.5. The standard InChI is InChI=1S/C20H25N3O4S/c1-13-11-16(23(2)3)8-9-17(13)21-20(24)14-5-10-18(27-4)19(12-14)28(25,26)22-15-6-7-15/h5,8-12,15,22H,6-7H2,1-4H3,(H,21,24). The Bertz CT molecular complexity index is 999. The number of amides is 1. The minimum absolute atomic E-state index is 0.0331. The maximum Gasteiger partial charge on any atom is 0.255 e. The molecule has 0 saturated heterocycles. The molecule has 0 spiro atoms. The van der Waals surface area contributed by atoms with Crippen LogP contribution in [-0.4, -0.2) is 41.6 Å². The highest BCUT2D eigenvalue weighted by Crippen LogP contribution is 2.29. The number of carbonyl (C=O) groups is 1. The van der Waals surface area contributed by atoms with Crippen molar-refractivity contribution in [3.63, 3.8) is 0 Å². The van der Waals surface area contributed by atoms with Crippen LogP contribution >= 0.6 is 0 Å². The van der Waals surface area contributed by atoms with Gasteiger partial charge >= 0.3 is 0 Å². The Morgan fingerprint density at radius 3 is 2.43 bits per heavy atom. The molecule has 0 aromatic heterocycles. The van der Waals surface area contributed by atoms with Gasteiger partial charge in [0.05, 0.1) is 7.11 Å². The Morgan fingerprint density at radius 2 is 1.86 bits per heavy atom. The largest absolute Gasteiger partial charge is 0.495 e. The molecule has 0 unspecified atom stereocenters. The van der Waals surface area contributed by atoms with Crippen LogP contribution in [0.15, 0.2) is 41.3 Å². The van der Waals surface area contributed by atoms with Crippen LogP contribution in [0.4, 0.5) is 11.4 Å². The maximum atomic E-state index is 12.7. The molecular weight excluding hydrogens is 378 g/mol. The highest BCUT2D eigenvalue weighted by Gasteiger charge is 2.30. The van der Waals surface area contributed by atoms with Crippen LogP contribution in [0.3, 0.4) is 0 Å². The Labute approximate surface area is 165 Å². The minimum atomic E-state index is -3.75. The van der Waals surface area contributed by atoms with E-state index in [9.17, 15) is 13.2 Å². The second-order valence-corrected chi connectivity index (χ2v) is 8.79. The van der Waals surface area contributed by atoms with Gasteiger partial charge in [0, 0.05) is 37.1 Å². The topological polar surface area (TPSA) is 87.7 Å². The number of benzene rings is 2. The molecule has 2 aromatic carbocycles. The van der Waals surface area contributed by atoms with Crippen LogP contribution in [0.2, 0.25) is 0 Å². The van der Waals surface area contributed by atoms with Gasteiger partial charge in [0.2, 0.25) is 10.0 Å². The van der Waals surface area contributed by atoms with Crippen LogP contribution < -0.4 is 19.7 Å². The van der Waals surface area contributed by atoms with Crippen molar-refractivity contribution < 1.29 is 17.9 Å². The predicted molar refractivity (Wildman–Crippen MR) is 110 cm³/mol. The van der Waals surface area contributed by atoms with Crippen molar-refractivity contribution in [2.75, 3.05) is 31.4 Å². The SMILES string of the molecule is COc1ccc(C(=O)Nc2ccc(N(C)C)cc2C)cc1S(=O)(=O)NC1CC1. The number of hydrogen-bond acceptors (Lipinski definition) is 5. The molecule has 150 valence electrons. The summed E-state index contributed by atoms with van der Waals surface area (Å²) in [4.78, 5) is 14.7. The molecular formula is C20H25N3O4S. The number of rotatable bonds is 7.